The number of aromatic nitrogens is 4. The lowest BCUT2D eigenvalue weighted by Gasteiger charge is -2.41. The zero-order valence-corrected chi connectivity index (χ0v) is 24.5. The first-order valence-corrected chi connectivity index (χ1v) is 14.3. The summed E-state index contributed by atoms with van der Waals surface area (Å²) in [4.78, 5) is 27.3. The number of methoxy groups -OCH3 is 1. The number of hydrogen-bond donors (Lipinski definition) is 0. The van der Waals surface area contributed by atoms with Crippen LogP contribution in [-0.2, 0) is 16.5 Å². The van der Waals surface area contributed by atoms with Gasteiger partial charge in [0.25, 0.3) is 0 Å². The van der Waals surface area contributed by atoms with Gasteiger partial charge in [-0.1, -0.05) is 0 Å². The lowest BCUT2D eigenvalue weighted by Crippen LogP contribution is -2.52. The molecule has 6 rings (SSSR count). The van der Waals surface area contributed by atoms with Crippen LogP contribution >= 0.6 is 0 Å². The Labute approximate surface area is 240 Å². The van der Waals surface area contributed by atoms with Crippen molar-refractivity contribution in [3.63, 3.8) is 0 Å². The summed E-state index contributed by atoms with van der Waals surface area (Å²) in [5.41, 5.74) is 3.62. The molecule has 1 aliphatic heterocycles. The Morgan fingerprint density at radius 3 is 2.54 bits per heavy atom. The summed E-state index contributed by atoms with van der Waals surface area (Å²) < 4.78 is 18.6. The van der Waals surface area contributed by atoms with Crippen molar-refractivity contribution in [2.45, 2.75) is 64.1 Å². The second-order valence-corrected chi connectivity index (χ2v) is 12.0. The number of hydrogen-bond acceptors (Lipinski definition) is 8. The van der Waals surface area contributed by atoms with Crippen molar-refractivity contribution in [2.75, 3.05) is 31.9 Å². The number of nitrogens with zero attached hydrogens (tertiary/aromatic N) is 6. The van der Waals surface area contributed by atoms with Crippen molar-refractivity contribution in [2.24, 2.45) is 7.05 Å². The highest BCUT2D eigenvalue weighted by atomic mass is 16.7. The maximum atomic E-state index is 13.1. The van der Waals surface area contributed by atoms with E-state index in [1.165, 1.54) is 0 Å². The fraction of sp³-hybridized carbons (Fsp3) is 0.484. The first-order valence-electron chi connectivity index (χ1n) is 14.3. The minimum atomic E-state index is -0.510. The van der Waals surface area contributed by atoms with E-state index in [2.05, 4.69) is 10.00 Å². The maximum absolute atomic E-state index is 13.1. The van der Waals surface area contributed by atoms with Crippen LogP contribution in [0.3, 0.4) is 0 Å². The zero-order chi connectivity index (χ0) is 28.7. The summed E-state index contributed by atoms with van der Waals surface area (Å²) in [6.07, 6.45) is 5.93. The summed E-state index contributed by atoms with van der Waals surface area (Å²) >= 11 is 0. The van der Waals surface area contributed by atoms with Crippen LogP contribution in [0.4, 0.5) is 10.6 Å². The summed E-state index contributed by atoms with van der Waals surface area (Å²) in [6, 6.07) is 12.4. The lowest BCUT2D eigenvalue weighted by atomic mass is 9.90. The van der Waals surface area contributed by atoms with Gasteiger partial charge >= 0.3 is 6.09 Å². The molecular formula is C31H38N6O4. The fourth-order valence-electron chi connectivity index (χ4n) is 5.70. The van der Waals surface area contributed by atoms with Crippen LogP contribution in [0.25, 0.3) is 33.2 Å². The standard InChI is InChI=1S/C31H38N6O4/c1-31(2,3)41-30(38)37(21-7-6-8-21)22-13-14-36(18-22)29-12-11-25-26(33-29)10-9-24(32-25)23-15-20-17-35(4)34-27(20)16-28(23)40-19-39-5/h9-12,15-17,21-22H,6-8,13-14,18-19H2,1-5H3/t22-/m0/s1. The van der Waals surface area contributed by atoms with Gasteiger partial charge in [0.15, 0.2) is 6.79 Å². The molecule has 0 N–H and O–H groups in total. The van der Waals surface area contributed by atoms with Crippen LogP contribution in [0.2, 0.25) is 0 Å². The van der Waals surface area contributed by atoms with Gasteiger partial charge in [-0.15, -0.1) is 0 Å². The molecule has 1 amide bonds. The molecule has 1 atom stereocenters. The Kier molecular flexibility index (Phi) is 7.19. The molecule has 3 aromatic heterocycles. The van der Waals surface area contributed by atoms with Gasteiger partial charge in [-0.2, -0.15) is 5.10 Å². The molecule has 1 aromatic carbocycles. The second-order valence-electron chi connectivity index (χ2n) is 12.0. The van der Waals surface area contributed by atoms with E-state index in [-0.39, 0.29) is 25.0 Å². The first-order chi connectivity index (χ1) is 19.7. The predicted molar refractivity (Wildman–Crippen MR) is 158 cm³/mol. The van der Waals surface area contributed by atoms with Crippen LogP contribution in [0.15, 0.2) is 42.6 Å². The van der Waals surface area contributed by atoms with E-state index in [9.17, 15) is 4.79 Å². The molecular weight excluding hydrogens is 520 g/mol. The number of pyridine rings is 2. The van der Waals surface area contributed by atoms with E-state index in [1.807, 2.05) is 75.3 Å². The third-order valence-corrected chi connectivity index (χ3v) is 7.81. The van der Waals surface area contributed by atoms with Crippen molar-refractivity contribution < 1.29 is 19.0 Å². The molecule has 1 saturated heterocycles. The van der Waals surface area contributed by atoms with Crippen molar-refractivity contribution in [3.05, 3.63) is 42.6 Å². The van der Waals surface area contributed by atoms with Gasteiger partial charge in [0, 0.05) is 56.5 Å². The second kappa shape index (κ2) is 10.8. The van der Waals surface area contributed by atoms with E-state index in [0.29, 0.717) is 5.75 Å². The van der Waals surface area contributed by atoms with E-state index in [0.717, 1.165) is 77.8 Å². The number of carbonyl (C=O) groups excluding carboxylic acids is 1. The lowest BCUT2D eigenvalue weighted by molar-refractivity contribution is -0.00351. The Morgan fingerprint density at radius 1 is 1.02 bits per heavy atom. The van der Waals surface area contributed by atoms with E-state index in [1.54, 1.807) is 11.8 Å². The fourth-order valence-corrected chi connectivity index (χ4v) is 5.70. The quantitative estimate of drug-likeness (QED) is 0.273. The number of anilines is 1. The van der Waals surface area contributed by atoms with Crippen LogP contribution in [-0.4, -0.2) is 75.4 Å². The van der Waals surface area contributed by atoms with Crippen LogP contribution < -0.4 is 9.64 Å². The SMILES string of the molecule is COCOc1cc2nn(C)cc2cc1-c1ccc2nc(N3CC[C@H](N(C(=O)OC(C)(C)C)C4CCC4)C3)ccc2n1. The molecule has 10 heteroatoms. The molecule has 4 aromatic rings. The highest BCUT2D eigenvalue weighted by Gasteiger charge is 2.40. The monoisotopic (exact) mass is 558 g/mol. The molecule has 0 spiro atoms. The Hall–Kier alpha value is -3.92. The minimum Gasteiger partial charge on any atom is -0.467 e. The van der Waals surface area contributed by atoms with Gasteiger partial charge in [0.2, 0.25) is 0 Å². The Bertz CT molecular complexity index is 1570. The van der Waals surface area contributed by atoms with Gasteiger partial charge in [0.1, 0.15) is 17.2 Å². The molecule has 1 aliphatic carbocycles. The third-order valence-electron chi connectivity index (χ3n) is 7.81. The van der Waals surface area contributed by atoms with Crippen molar-refractivity contribution in [1.29, 1.82) is 0 Å². The molecule has 216 valence electrons. The van der Waals surface area contributed by atoms with Crippen molar-refractivity contribution >= 4 is 33.8 Å². The van der Waals surface area contributed by atoms with Gasteiger partial charge < -0.3 is 24.0 Å². The Morgan fingerprint density at radius 2 is 1.80 bits per heavy atom. The summed E-state index contributed by atoms with van der Waals surface area (Å²) in [7, 11) is 3.50. The van der Waals surface area contributed by atoms with Gasteiger partial charge in [-0.05, 0) is 76.8 Å². The van der Waals surface area contributed by atoms with Gasteiger partial charge in [0.05, 0.1) is 28.3 Å². The number of benzene rings is 1. The maximum Gasteiger partial charge on any atom is 0.410 e. The molecule has 2 aliphatic rings. The molecule has 0 bridgehead atoms. The van der Waals surface area contributed by atoms with Crippen LogP contribution in [0.1, 0.15) is 46.5 Å². The summed E-state index contributed by atoms with van der Waals surface area (Å²) in [5.74, 6) is 1.56. The Balaban J connectivity index is 1.24. The summed E-state index contributed by atoms with van der Waals surface area (Å²) in [6.45, 7) is 7.49. The largest absolute Gasteiger partial charge is 0.467 e. The van der Waals surface area contributed by atoms with E-state index < -0.39 is 5.60 Å². The molecule has 2 fully saturated rings. The molecule has 0 radical (unpaired) electrons. The predicted octanol–water partition coefficient (Wildman–Crippen LogP) is 5.53. The molecule has 0 unspecified atom stereocenters. The van der Waals surface area contributed by atoms with E-state index in [4.69, 9.17) is 24.2 Å². The average Bonchev–Trinajstić information content (AvgIpc) is 3.52. The number of amides is 1. The number of rotatable bonds is 7. The third kappa shape index (κ3) is 5.66. The molecule has 41 heavy (non-hydrogen) atoms. The van der Waals surface area contributed by atoms with Crippen LogP contribution in [0.5, 0.6) is 5.75 Å². The van der Waals surface area contributed by atoms with Crippen LogP contribution in [0, 0.1) is 0 Å². The number of ether oxygens (including phenoxy) is 3. The average molecular weight is 559 g/mol. The minimum absolute atomic E-state index is 0.112. The van der Waals surface area contributed by atoms with Gasteiger partial charge in [-0.25, -0.2) is 14.8 Å². The number of carbonyl (C=O) groups is 1. The number of aryl methyl sites for hydroxylation is 1. The number of fused-ring (bicyclic) bond motifs is 2. The normalized spacial score (nSPS) is 17.7. The first kappa shape index (κ1) is 27.3. The topological polar surface area (TPSA) is 94.8 Å². The smallest absolute Gasteiger partial charge is 0.410 e. The van der Waals surface area contributed by atoms with E-state index >= 15 is 0 Å². The van der Waals surface area contributed by atoms with Crippen molar-refractivity contribution in [3.8, 4) is 17.0 Å². The van der Waals surface area contributed by atoms with Crippen molar-refractivity contribution in [1.82, 2.24) is 24.6 Å². The zero-order valence-electron chi connectivity index (χ0n) is 24.5. The summed E-state index contributed by atoms with van der Waals surface area (Å²) in [5, 5.41) is 5.51. The highest BCUT2D eigenvalue weighted by Crippen LogP contribution is 2.35. The molecule has 1 saturated carbocycles. The molecule has 10 nitrogen and oxygen atoms in total. The molecule has 4 heterocycles. The van der Waals surface area contributed by atoms with Gasteiger partial charge in [-0.3, -0.25) is 4.68 Å². The highest BCUT2D eigenvalue weighted by molar-refractivity contribution is 5.89.